The van der Waals surface area contributed by atoms with Crippen LogP contribution in [0.5, 0.6) is 0 Å². The van der Waals surface area contributed by atoms with Crippen LogP contribution in [0.2, 0.25) is 0 Å². The predicted octanol–water partition coefficient (Wildman–Crippen LogP) is -1.26. The first kappa shape index (κ1) is 6.35. The Labute approximate surface area is 51.9 Å². The van der Waals surface area contributed by atoms with Gasteiger partial charge in [-0.05, 0) is 0 Å². The Bertz CT molecular complexity index is 92.0. The molecule has 0 saturated carbocycles. The fourth-order valence-electron chi connectivity index (χ4n) is 0.487. The minimum Gasteiger partial charge on any atom is -0.366 e. The molecule has 1 saturated heterocycles. The molecule has 4 heteroatoms. The van der Waals surface area contributed by atoms with Crippen LogP contribution in [0.25, 0.3) is 0 Å². The van der Waals surface area contributed by atoms with E-state index in [1.807, 2.05) is 0 Å². The summed E-state index contributed by atoms with van der Waals surface area (Å²) in [5.74, 6) is 1.31. The lowest BCUT2D eigenvalue weighted by molar-refractivity contribution is -0.0851. The van der Waals surface area contributed by atoms with Crippen molar-refractivity contribution in [3.8, 4) is 0 Å². The molecule has 3 nitrogen and oxygen atoms in total. The maximum absolute atomic E-state index is 8.55. The van der Waals surface area contributed by atoms with E-state index in [1.54, 1.807) is 11.8 Å². The monoisotopic (exact) mass is 135 g/mol. The van der Waals surface area contributed by atoms with Gasteiger partial charge in [0.1, 0.15) is 0 Å². The molecule has 1 aliphatic rings. The zero-order chi connectivity index (χ0) is 6.20. The second-order valence-corrected chi connectivity index (χ2v) is 3.09. The lowest BCUT2D eigenvalue weighted by Crippen LogP contribution is -2.60. The average Bonchev–Trinajstić information content (AvgIpc) is 1.60. The van der Waals surface area contributed by atoms with E-state index in [9.17, 15) is 0 Å². The fourth-order valence-corrected chi connectivity index (χ4v) is 1.46. The van der Waals surface area contributed by atoms with Crippen LogP contribution in [0.3, 0.4) is 0 Å². The lowest BCUT2D eigenvalue weighted by atomic mass is 10.1. The highest BCUT2D eigenvalue weighted by Crippen LogP contribution is 2.28. The summed E-state index contributed by atoms with van der Waals surface area (Å²) in [5, 5.41) is 17.1. The van der Waals surface area contributed by atoms with E-state index in [2.05, 4.69) is 0 Å². The van der Waals surface area contributed by atoms with Crippen molar-refractivity contribution in [3.63, 3.8) is 0 Å². The van der Waals surface area contributed by atoms with Crippen LogP contribution in [0.1, 0.15) is 0 Å². The van der Waals surface area contributed by atoms with Gasteiger partial charge in [-0.25, -0.2) is 0 Å². The van der Waals surface area contributed by atoms with E-state index in [4.69, 9.17) is 15.9 Å². The van der Waals surface area contributed by atoms with Crippen LogP contribution in [0.15, 0.2) is 0 Å². The van der Waals surface area contributed by atoms with E-state index in [-0.39, 0.29) is 0 Å². The van der Waals surface area contributed by atoms with Crippen molar-refractivity contribution in [2.75, 3.05) is 11.5 Å². The van der Waals surface area contributed by atoms with Crippen molar-refractivity contribution < 1.29 is 10.2 Å². The third-order valence-electron chi connectivity index (χ3n) is 1.26. The first-order valence-electron chi connectivity index (χ1n) is 2.38. The molecule has 4 N–H and O–H groups in total. The number of aliphatic hydroxyl groups is 2. The topological polar surface area (TPSA) is 66.5 Å². The summed E-state index contributed by atoms with van der Waals surface area (Å²) in [4.78, 5) is 0. The molecular weight excluding hydrogens is 126 g/mol. The molecule has 1 rings (SSSR count). The normalized spacial score (nSPS) is 25.5. The van der Waals surface area contributed by atoms with Crippen molar-refractivity contribution in [2.45, 2.75) is 11.8 Å². The third kappa shape index (κ3) is 0.842. The smallest absolute Gasteiger partial charge is 0.171 e. The van der Waals surface area contributed by atoms with Gasteiger partial charge in [-0.1, -0.05) is 0 Å². The minimum absolute atomic E-state index is 0.657. The van der Waals surface area contributed by atoms with Crippen LogP contribution in [-0.2, 0) is 0 Å². The van der Waals surface area contributed by atoms with Gasteiger partial charge < -0.3 is 15.9 Å². The number of hydrogen-bond donors (Lipinski definition) is 3. The molecule has 0 amide bonds. The molecule has 0 radical (unpaired) electrons. The van der Waals surface area contributed by atoms with Crippen LogP contribution in [0.4, 0.5) is 0 Å². The largest absolute Gasteiger partial charge is 0.366 e. The molecule has 1 fully saturated rings. The van der Waals surface area contributed by atoms with Gasteiger partial charge in [0.25, 0.3) is 0 Å². The summed E-state index contributed by atoms with van der Waals surface area (Å²) in [5.41, 5.74) is 4.72. The van der Waals surface area contributed by atoms with Crippen LogP contribution in [-0.4, -0.2) is 33.5 Å². The van der Waals surface area contributed by atoms with E-state index < -0.39 is 11.8 Å². The zero-order valence-electron chi connectivity index (χ0n) is 4.37. The Kier molecular flexibility index (Phi) is 1.49. The number of thioether (sulfide) groups is 1. The van der Waals surface area contributed by atoms with E-state index in [0.717, 1.165) is 0 Å². The molecule has 0 atom stereocenters. The molecule has 0 aliphatic carbocycles. The van der Waals surface area contributed by atoms with Crippen LogP contribution >= 0.6 is 11.8 Å². The van der Waals surface area contributed by atoms with E-state index >= 15 is 0 Å². The highest BCUT2D eigenvalue weighted by atomic mass is 32.2. The highest BCUT2D eigenvalue weighted by molar-refractivity contribution is 8.00. The molecule has 48 valence electrons. The summed E-state index contributed by atoms with van der Waals surface area (Å²) in [6, 6.07) is 0. The molecule has 0 aromatic heterocycles. The number of nitrogens with two attached hydrogens (primary N) is 1. The van der Waals surface area contributed by atoms with Gasteiger partial charge in [0.05, 0.1) is 5.54 Å². The van der Waals surface area contributed by atoms with E-state index in [0.29, 0.717) is 11.5 Å². The maximum atomic E-state index is 8.55. The quantitative estimate of drug-likeness (QED) is 0.393. The lowest BCUT2D eigenvalue weighted by Gasteiger charge is -2.38. The molecule has 1 heterocycles. The molecule has 8 heavy (non-hydrogen) atoms. The summed E-state index contributed by atoms with van der Waals surface area (Å²) in [6.45, 7) is 0. The molecule has 0 bridgehead atoms. The minimum atomic E-state index is -1.34. The van der Waals surface area contributed by atoms with Gasteiger partial charge in [0, 0.05) is 11.5 Å². The third-order valence-corrected chi connectivity index (χ3v) is 2.74. The van der Waals surface area contributed by atoms with Gasteiger partial charge in [-0.3, -0.25) is 0 Å². The molecule has 0 spiro atoms. The molecule has 1 aliphatic heterocycles. The van der Waals surface area contributed by atoms with E-state index in [1.165, 1.54) is 0 Å². The molecular formula is C4H9NO2S. The molecule has 0 aromatic rings. The first-order valence-corrected chi connectivity index (χ1v) is 3.53. The summed E-state index contributed by atoms with van der Waals surface area (Å²) >= 11 is 1.63. The van der Waals surface area contributed by atoms with Gasteiger partial charge >= 0.3 is 0 Å². The van der Waals surface area contributed by atoms with Crippen molar-refractivity contribution in [3.05, 3.63) is 0 Å². The first-order chi connectivity index (χ1) is 3.65. The highest BCUT2D eigenvalue weighted by Gasteiger charge is 2.39. The second-order valence-electron chi connectivity index (χ2n) is 2.10. The van der Waals surface area contributed by atoms with Crippen molar-refractivity contribution in [1.29, 1.82) is 0 Å². The Morgan fingerprint density at radius 2 is 2.00 bits per heavy atom. The summed E-state index contributed by atoms with van der Waals surface area (Å²) < 4.78 is 0. The SMILES string of the molecule is NC1(C(O)O)CSC1. The van der Waals surface area contributed by atoms with Crippen molar-refractivity contribution in [2.24, 2.45) is 5.73 Å². The second kappa shape index (κ2) is 1.88. The number of rotatable bonds is 1. The standard InChI is InChI=1S/C4H9NO2S/c5-4(3(6)7)1-8-2-4/h3,6-7H,1-2,5H2. The predicted molar refractivity (Wildman–Crippen MR) is 32.5 cm³/mol. The molecule has 0 aromatic carbocycles. The van der Waals surface area contributed by atoms with Gasteiger partial charge in [-0.15, -0.1) is 0 Å². The van der Waals surface area contributed by atoms with Crippen molar-refractivity contribution in [1.82, 2.24) is 0 Å². The number of hydrogen-bond acceptors (Lipinski definition) is 4. The van der Waals surface area contributed by atoms with Crippen LogP contribution in [0, 0.1) is 0 Å². The van der Waals surface area contributed by atoms with Crippen molar-refractivity contribution >= 4 is 11.8 Å². The van der Waals surface area contributed by atoms with Gasteiger partial charge in [-0.2, -0.15) is 11.8 Å². The zero-order valence-corrected chi connectivity index (χ0v) is 5.19. The Morgan fingerprint density at radius 3 is 2.00 bits per heavy atom. The molecule has 0 unspecified atom stereocenters. The average molecular weight is 135 g/mol. The van der Waals surface area contributed by atoms with Gasteiger partial charge in [0.15, 0.2) is 6.29 Å². The summed E-state index contributed by atoms with van der Waals surface area (Å²) in [6.07, 6.45) is -1.34. The fraction of sp³-hybridized carbons (Fsp3) is 1.00. The van der Waals surface area contributed by atoms with Gasteiger partial charge in [0.2, 0.25) is 0 Å². The Hall–Kier alpha value is 0.230. The summed E-state index contributed by atoms with van der Waals surface area (Å²) in [7, 11) is 0. The number of aliphatic hydroxyl groups excluding tert-OH is 1. The Morgan fingerprint density at radius 1 is 1.50 bits per heavy atom. The van der Waals surface area contributed by atoms with Crippen LogP contribution < -0.4 is 5.73 Å². The Balaban J connectivity index is 2.41. The maximum Gasteiger partial charge on any atom is 0.171 e.